The molecule has 3 nitrogen and oxygen atoms in total. The minimum atomic E-state index is 0.558. The van der Waals surface area contributed by atoms with Crippen molar-refractivity contribution in [2.24, 2.45) is 7.05 Å². The Morgan fingerprint density at radius 3 is 2.57 bits per heavy atom. The Morgan fingerprint density at radius 2 is 1.86 bits per heavy atom. The van der Waals surface area contributed by atoms with Crippen LogP contribution < -0.4 is 5.32 Å². The number of aryl methyl sites for hydroxylation is 1. The summed E-state index contributed by atoms with van der Waals surface area (Å²) in [6.07, 6.45) is 0. The number of aromatic nitrogens is 2. The molecule has 21 heavy (non-hydrogen) atoms. The predicted molar refractivity (Wildman–Crippen MR) is 92.2 cm³/mol. The molecule has 0 spiro atoms. The first-order chi connectivity index (χ1) is 10.1. The summed E-state index contributed by atoms with van der Waals surface area (Å²) < 4.78 is 2.73. The van der Waals surface area contributed by atoms with Crippen molar-refractivity contribution in [3.05, 3.63) is 56.6 Å². The summed E-state index contributed by atoms with van der Waals surface area (Å²) in [6, 6.07) is 11.7. The van der Waals surface area contributed by atoms with Crippen LogP contribution in [0.15, 0.2) is 40.9 Å². The monoisotopic (exact) mass is 383 g/mol. The van der Waals surface area contributed by atoms with Crippen LogP contribution in [0.2, 0.25) is 10.0 Å². The second kappa shape index (κ2) is 5.87. The molecular weight excluding hydrogens is 373 g/mol. The van der Waals surface area contributed by atoms with Crippen molar-refractivity contribution in [3.63, 3.8) is 0 Å². The molecule has 0 amide bonds. The molecule has 0 saturated heterocycles. The number of hydrogen-bond donors (Lipinski definition) is 1. The number of benzene rings is 2. The van der Waals surface area contributed by atoms with Gasteiger partial charge in [-0.25, -0.2) is 0 Å². The lowest BCUT2D eigenvalue weighted by Crippen LogP contribution is -2.02. The first-order valence-corrected chi connectivity index (χ1v) is 7.90. The van der Waals surface area contributed by atoms with E-state index in [1.54, 1.807) is 0 Å². The van der Waals surface area contributed by atoms with Crippen LogP contribution in [0.25, 0.3) is 10.9 Å². The molecule has 0 radical (unpaired) electrons. The third-order valence-corrected chi connectivity index (χ3v) is 4.33. The van der Waals surface area contributed by atoms with Crippen LogP contribution in [0.3, 0.4) is 0 Å². The fourth-order valence-corrected chi connectivity index (χ4v) is 3.64. The van der Waals surface area contributed by atoms with Gasteiger partial charge in [0.2, 0.25) is 0 Å². The Balaban J connectivity index is 1.91. The van der Waals surface area contributed by atoms with Gasteiger partial charge in [0.05, 0.1) is 33.5 Å². The quantitative estimate of drug-likeness (QED) is 0.667. The third kappa shape index (κ3) is 2.89. The molecule has 0 fully saturated rings. The van der Waals surface area contributed by atoms with E-state index in [0.29, 0.717) is 16.6 Å². The summed E-state index contributed by atoms with van der Waals surface area (Å²) in [4.78, 5) is 0. The highest BCUT2D eigenvalue weighted by molar-refractivity contribution is 9.10. The summed E-state index contributed by atoms with van der Waals surface area (Å²) in [6.45, 7) is 0.558. The SMILES string of the molecule is Cn1nc(CNc2c(Cl)cc(Br)cc2Cl)c2ccccc21. The lowest BCUT2D eigenvalue weighted by Gasteiger charge is -2.10. The first kappa shape index (κ1) is 14.7. The van der Waals surface area contributed by atoms with Crippen molar-refractivity contribution in [1.29, 1.82) is 0 Å². The molecule has 0 atom stereocenters. The summed E-state index contributed by atoms with van der Waals surface area (Å²) in [5, 5.41) is 10.1. The molecule has 0 aliphatic carbocycles. The van der Waals surface area contributed by atoms with E-state index in [9.17, 15) is 0 Å². The number of nitrogens with one attached hydrogen (secondary N) is 1. The molecule has 2 aromatic carbocycles. The third-order valence-electron chi connectivity index (χ3n) is 3.27. The largest absolute Gasteiger partial charge is 0.377 e. The highest BCUT2D eigenvalue weighted by atomic mass is 79.9. The van der Waals surface area contributed by atoms with Crippen LogP contribution in [0.5, 0.6) is 0 Å². The molecule has 3 aromatic rings. The van der Waals surface area contributed by atoms with Crippen molar-refractivity contribution in [2.75, 3.05) is 5.32 Å². The fraction of sp³-hybridized carbons (Fsp3) is 0.133. The number of fused-ring (bicyclic) bond motifs is 1. The Hall–Kier alpha value is -1.23. The van der Waals surface area contributed by atoms with Gasteiger partial charge < -0.3 is 5.32 Å². The average molecular weight is 385 g/mol. The van der Waals surface area contributed by atoms with E-state index >= 15 is 0 Å². The van der Waals surface area contributed by atoms with E-state index in [4.69, 9.17) is 23.2 Å². The van der Waals surface area contributed by atoms with Gasteiger partial charge in [-0.3, -0.25) is 4.68 Å². The number of halogens is 3. The van der Waals surface area contributed by atoms with Gasteiger partial charge in [0.15, 0.2) is 0 Å². The van der Waals surface area contributed by atoms with Gasteiger partial charge in [-0.05, 0) is 18.2 Å². The van der Waals surface area contributed by atoms with Crippen LogP contribution in [0.4, 0.5) is 5.69 Å². The van der Waals surface area contributed by atoms with Crippen LogP contribution >= 0.6 is 39.1 Å². The summed E-state index contributed by atoms with van der Waals surface area (Å²) in [5.41, 5.74) is 2.78. The molecule has 0 unspecified atom stereocenters. The topological polar surface area (TPSA) is 29.9 Å². The van der Waals surface area contributed by atoms with Crippen LogP contribution in [-0.4, -0.2) is 9.78 Å². The second-order valence-corrected chi connectivity index (χ2v) is 6.42. The van der Waals surface area contributed by atoms with Crippen molar-refractivity contribution < 1.29 is 0 Å². The van der Waals surface area contributed by atoms with Crippen LogP contribution in [0, 0.1) is 0 Å². The van der Waals surface area contributed by atoms with E-state index < -0.39 is 0 Å². The number of hydrogen-bond acceptors (Lipinski definition) is 2. The molecule has 3 rings (SSSR count). The highest BCUT2D eigenvalue weighted by Gasteiger charge is 2.11. The molecule has 0 bridgehead atoms. The maximum Gasteiger partial charge on any atom is 0.0894 e. The van der Waals surface area contributed by atoms with Gasteiger partial charge in [0.1, 0.15) is 0 Å². The molecule has 108 valence electrons. The van der Waals surface area contributed by atoms with Crippen molar-refractivity contribution in [1.82, 2.24) is 9.78 Å². The lowest BCUT2D eigenvalue weighted by atomic mass is 10.2. The maximum atomic E-state index is 6.22. The zero-order valence-corrected chi connectivity index (χ0v) is 14.3. The maximum absolute atomic E-state index is 6.22. The van der Waals surface area contributed by atoms with Gasteiger partial charge in [0, 0.05) is 16.9 Å². The molecule has 1 aromatic heterocycles. The zero-order chi connectivity index (χ0) is 15.0. The van der Waals surface area contributed by atoms with Gasteiger partial charge in [0.25, 0.3) is 0 Å². The minimum Gasteiger partial charge on any atom is -0.377 e. The highest BCUT2D eigenvalue weighted by Crippen LogP contribution is 2.34. The van der Waals surface area contributed by atoms with Crippen LogP contribution in [-0.2, 0) is 13.6 Å². The first-order valence-electron chi connectivity index (χ1n) is 6.35. The Bertz CT molecular complexity index is 791. The Labute approximate surface area is 141 Å². The summed E-state index contributed by atoms with van der Waals surface area (Å²) >= 11 is 15.8. The van der Waals surface area contributed by atoms with Crippen molar-refractivity contribution in [3.8, 4) is 0 Å². The second-order valence-electron chi connectivity index (χ2n) is 4.69. The van der Waals surface area contributed by atoms with Crippen molar-refractivity contribution in [2.45, 2.75) is 6.54 Å². The molecular formula is C15H12BrCl2N3. The molecule has 0 aliphatic heterocycles. The molecule has 1 N–H and O–H groups in total. The van der Waals surface area contributed by atoms with Gasteiger partial charge in [-0.2, -0.15) is 5.10 Å². The molecule has 0 saturated carbocycles. The lowest BCUT2D eigenvalue weighted by molar-refractivity contribution is 0.771. The fourth-order valence-electron chi connectivity index (χ4n) is 2.30. The van der Waals surface area contributed by atoms with Gasteiger partial charge in [-0.15, -0.1) is 0 Å². The molecule has 1 heterocycles. The standard InChI is InChI=1S/C15H12BrCl2N3/c1-21-14-5-3-2-4-10(14)13(20-21)8-19-15-11(17)6-9(16)7-12(15)18/h2-7,19H,8H2,1H3. The Kier molecular flexibility index (Phi) is 4.11. The van der Waals surface area contributed by atoms with E-state index in [-0.39, 0.29) is 0 Å². The smallest absolute Gasteiger partial charge is 0.0894 e. The number of para-hydroxylation sites is 1. The van der Waals surface area contributed by atoms with Gasteiger partial charge in [-0.1, -0.05) is 57.3 Å². The van der Waals surface area contributed by atoms with E-state index in [2.05, 4.69) is 32.4 Å². The van der Waals surface area contributed by atoms with Crippen molar-refractivity contribution >= 4 is 55.7 Å². The molecule has 6 heteroatoms. The predicted octanol–water partition coefficient (Wildman–Crippen LogP) is 5.25. The summed E-state index contributed by atoms with van der Waals surface area (Å²) in [5.74, 6) is 0. The van der Waals surface area contributed by atoms with E-state index in [0.717, 1.165) is 26.8 Å². The van der Waals surface area contributed by atoms with Gasteiger partial charge >= 0.3 is 0 Å². The zero-order valence-electron chi connectivity index (χ0n) is 11.2. The summed E-state index contributed by atoms with van der Waals surface area (Å²) in [7, 11) is 1.94. The van der Waals surface area contributed by atoms with E-state index in [1.165, 1.54) is 0 Å². The molecule has 0 aliphatic rings. The average Bonchev–Trinajstić information content (AvgIpc) is 2.75. The number of nitrogens with zero attached hydrogens (tertiary/aromatic N) is 2. The number of anilines is 1. The minimum absolute atomic E-state index is 0.558. The van der Waals surface area contributed by atoms with Crippen LogP contribution in [0.1, 0.15) is 5.69 Å². The normalized spacial score (nSPS) is 11.0. The number of rotatable bonds is 3. The Morgan fingerprint density at radius 1 is 1.19 bits per heavy atom. The van der Waals surface area contributed by atoms with E-state index in [1.807, 2.05) is 42.1 Å².